The maximum atomic E-state index is 3.78. The molecule has 0 unspecified atom stereocenters. The quantitative estimate of drug-likeness (QED) is 0.350. The van der Waals surface area contributed by atoms with Gasteiger partial charge in [0.05, 0.1) is 0 Å². The normalized spacial score (nSPS) is 10.9. The first-order chi connectivity index (χ1) is 9.26. The minimum absolute atomic E-state index is 0. The van der Waals surface area contributed by atoms with Gasteiger partial charge in [-0.2, -0.15) is 0 Å². The van der Waals surface area contributed by atoms with Crippen molar-refractivity contribution in [2.45, 2.75) is 77.7 Å². The van der Waals surface area contributed by atoms with Crippen molar-refractivity contribution < 1.29 is 0 Å². The molecule has 0 aromatic heterocycles. The molecule has 1 N–H and O–H groups in total. The van der Waals surface area contributed by atoms with Gasteiger partial charge in [-0.25, -0.2) is 0 Å². The van der Waals surface area contributed by atoms with Gasteiger partial charge < -0.3 is 5.32 Å². The van der Waals surface area contributed by atoms with Gasteiger partial charge in [0.25, 0.3) is 0 Å². The second kappa shape index (κ2) is 11.4. The summed E-state index contributed by atoms with van der Waals surface area (Å²) in [5, 5.41) is 3.78. The van der Waals surface area contributed by atoms with E-state index in [2.05, 4.69) is 56.4 Å². The predicted molar refractivity (Wildman–Crippen MR) is 102 cm³/mol. The molecular weight excluding hydrogens is 357 g/mol. The molecule has 116 valence electrons. The van der Waals surface area contributed by atoms with E-state index in [1.54, 1.807) is 0 Å². The van der Waals surface area contributed by atoms with Gasteiger partial charge >= 0.3 is 0 Å². The number of rotatable bonds is 10. The minimum atomic E-state index is 0. The van der Waals surface area contributed by atoms with Crippen LogP contribution in [0.3, 0.4) is 0 Å². The average Bonchev–Trinajstić information content (AvgIpc) is 2.47. The highest BCUT2D eigenvalue weighted by molar-refractivity contribution is 14.0. The van der Waals surface area contributed by atoms with Gasteiger partial charge in [0, 0.05) is 11.2 Å². The molecule has 0 amide bonds. The van der Waals surface area contributed by atoms with Gasteiger partial charge in [-0.3, -0.25) is 0 Å². The zero-order valence-corrected chi connectivity index (χ0v) is 15.8. The van der Waals surface area contributed by atoms with E-state index in [4.69, 9.17) is 0 Å². The van der Waals surface area contributed by atoms with Crippen molar-refractivity contribution in [3.05, 3.63) is 30.3 Å². The third-order valence-corrected chi connectivity index (χ3v) is 4.30. The highest BCUT2D eigenvalue weighted by Gasteiger charge is 2.24. The minimum Gasteiger partial charge on any atom is -0.380 e. The van der Waals surface area contributed by atoms with Gasteiger partial charge in [-0.15, -0.1) is 24.0 Å². The fourth-order valence-electron chi connectivity index (χ4n) is 2.74. The topological polar surface area (TPSA) is 12.0 Å². The molecule has 0 aliphatic rings. The van der Waals surface area contributed by atoms with Crippen molar-refractivity contribution in [1.82, 2.24) is 0 Å². The lowest BCUT2D eigenvalue weighted by molar-refractivity contribution is 0.383. The Morgan fingerprint density at radius 2 is 1.45 bits per heavy atom. The van der Waals surface area contributed by atoms with Crippen molar-refractivity contribution in [3.8, 4) is 0 Å². The van der Waals surface area contributed by atoms with Crippen LogP contribution in [0.15, 0.2) is 30.3 Å². The molecule has 0 saturated heterocycles. The summed E-state index contributed by atoms with van der Waals surface area (Å²) in [6, 6.07) is 10.7. The van der Waals surface area contributed by atoms with Crippen LogP contribution in [0.1, 0.15) is 72.1 Å². The molecule has 0 aliphatic carbocycles. The summed E-state index contributed by atoms with van der Waals surface area (Å²) in [5.41, 5.74) is 1.55. The van der Waals surface area contributed by atoms with E-state index in [9.17, 15) is 0 Å². The van der Waals surface area contributed by atoms with Gasteiger partial charge in [-0.1, -0.05) is 71.1 Å². The molecule has 0 aliphatic heterocycles. The maximum absolute atomic E-state index is 3.78. The zero-order chi connectivity index (χ0) is 14.0. The second-order valence-electron chi connectivity index (χ2n) is 5.64. The third kappa shape index (κ3) is 6.96. The molecule has 0 radical (unpaired) electrons. The summed E-state index contributed by atoms with van der Waals surface area (Å²) >= 11 is 0. The SMILES string of the molecule is CCCCCCCC(CC)(CC)Nc1ccccc1.I. The summed E-state index contributed by atoms with van der Waals surface area (Å²) in [7, 11) is 0. The average molecular weight is 389 g/mol. The molecule has 0 spiro atoms. The molecule has 0 heterocycles. The van der Waals surface area contributed by atoms with Gasteiger partial charge in [0.1, 0.15) is 0 Å². The standard InChI is InChI=1S/C18H31N.HI/c1-4-7-8-9-13-16-18(5-2,6-3)19-17-14-11-10-12-15-17;/h10-12,14-15,19H,4-9,13,16H2,1-3H3;1H. The van der Waals surface area contributed by atoms with Crippen LogP contribution >= 0.6 is 24.0 Å². The predicted octanol–water partition coefficient (Wildman–Crippen LogP) is 6.64. The summed E-state index contributed by atoms with van der Waals surface area (Å²) in [6.45, 7) is 6.90. The summed E-state index contributed by atoms with van der Waals surface area (Å²) in [5.74, 6) is 0. The third-order valence-electron chi connectivity index (χ3n) is 4.30. The summed E-state index contributed by atoms with van der Waals surface area (Å²) < 4.78 is 0. The molecule has 1 aromatic rings. The van der Waals surface area contributed by atoms with Crippen LogP contribution < -0.4 is 5.32 Å². The Hall–Kier alpha value is -0.250. The monoisotopic (exact) mass is 389 g/mol. The molecular formula is C18H32IN. The Balaban J connectivity index is 0.00000361. The summed E-state index contributed by atoms with van der Waals surface area (Å²) in [6.07, 6.45) is 10.5. The number of anilines is 1. The first-order valence-corrected chi connectivity index (χ1v) is 8.09. The Kier molecular flexibility index (Phi) is 11.3. The Morgan fingerprint density at radius 1 is 0.850 bits per heavy atom. The Labute approximate surface area is 143 Å². The molecule has 0 saturated carbocycles. The second-order valence-corrected chi connectivity index (χ2v) is 5.64. The molecule has 1 rings (SSSR count). The van der Waals surface area contributed by atoms with Gasteiger partial charge in [0.2, 0.25) is 0 Å². The molecule has 2 heteroatoms. The molecule has 1 aromatic carbocycles. The molecule has 20 heavy (non-hydrogen) atoms. The van der Waals surface area contributed by atoms with Crippen molar-refractivity contribution in [3.63, 3.8) is 0 Å². The van der Waals surface area contributed by atoms with E-state index in [0.29, 0.717) is 0 Å². The zero-order valence-electron chi connectivity index (χ0n) is 13.5. The van der Waals surface area contributed by atoms with E-state index in [1.165, 1.54) is 57.1 Å². The first-order valence-electron chi connectivity index (χ1n) is 8.09. The lowest BCUT2D eigenvalue weighted by Crippen LogP contribution is -2.36. The van der Waals surface area contributed by atoms with Crippen LogP contribution in [0.25, 0.3) is 0 Å². The fourth-order valence-corrected chi connectivity index (χ4v) is 2.74. The van der Waals surface area contributed by atoms with E-state index in [-0.39, 0.29) is 29.5 Å². The number of halogens is 1. The van der Waals surface area contributed by atoms with Crippen LogP contribution in [0, 0.1) is 0 Å². The fraction of sp³-hybridized carbons (Fsp3) is 0.667. The lowest BCUT2D eigenvalue weighted by atomic mass is 9.86. The Bertz CT molecular complexity index is 319. The largest absolute Gasteiger partial charge is 0.380 e. The van der Waals surface area contributed by atoms with Crippen LogP contribution in [0.4, 0.5) is 5.69 Å². The molecule has 1 nitrogen and oxygen atoms in total. The summed E-state index contributed by atoms with van der Waals surface area (Å²) in [4.78, 5) is 0. The van der Waals surface area contributed by atoms with Crippen LogP contribution in [-0.4, -0.2) is 5.54 Å². The Morgan fingerprint density at radius 3 is 2.00 bits per heavy atom. The molecule has 0 bridgehead atoms. The van der Waals surface area contributed by atoms with Crippen molar-refractivity contribution >= 4 is 29.7 Å². The van der Waals surface area contributed by atoms with Crippen molar-refractivity contribution in [2.24, 2.45) is 0 Å². The highest BCUT2D eigenvalue weighted by atomic mass is 127. The maximum Gasteiger partial charge on any atom is 0.0368 e. The lowest BCUT2D eigenvalue weighted by Gasteiger charge is -2.34. The van der Waals surface area contributed by atoms with Crippen molar-refractivity contribution in [2.75, 3.05) is 5.32 Å². The number of hydrogen-bond donors (Lipinski definition) is 1. The molecule has 0 atom stereocenters. The number of benzene rings is 1. The number of nitrogens with one attached hydrogen (secondary N) is 1. The first kappa shape index (κ1) is 19.8. The number of para-hydroxylation sites is 1. The van der Waals surface area contributed by atoms with E-state index in [1.807, 2.05) is 0 Å². The van der Waals surface area contributed by atoms with Gasteiger partial charge in [-0.05, 0) is 31.4 Å². The van der Waals surface area contributed by atoms with E-state index in [0.717, 1.165) is 0 Å². The van der Waals surface area contributed by atoms with Crippen LogP contribution in [0.2, 0.25) is 0 Å². The molecule has 0 fully saturated rings. The van der Waals surface area contributed by atoms with Crippen LogP contribution in [-0.2, 0) is 0 Å². The van der Waals surface area contributed by atoms with Crippen molar-refractivity contribution in [1.29, 1.82) is 0 Å². The highest BCUT2D eigenvalue weighted by Crippen LogP contribution is 2.28. The number of hydrogen-bond acceptors (Lipinski definition) is 1. The van der Waals surface area contributed by atoms with E-state index >= 15 is 0 Å². The number of unbranched alkanes of at least 4 members (excludes halogenated alkanes) is 4. The van der Waals surface area contributed by atoms with Crippen LogP contribution in [0.5, 0.6) is 0 Å². The van der Waals surface area contributed by atoms with E-state index < -0.39 is 0 Å². The smallest absolute Gasteiger partial charge is 0.0368 e. The van der Waals surface area contributed by atoms with Gasteiger partial charge in [0.15, 0.2) is 0 Å².